The van der Waals surface area contributed by atoms with Gasteiger partial charge in [-0.15, -0.1) is 0 Å². The molecular weight excluding hydrogens is 386 g/mol. The van der Waals surface area contributed by atoms with E-state index in [9.17, 15) is 18.4 Å². The van der Waals surface area contributed by atoms with E-state index >= 15 is 0 Å². The summed E-state index contributed by atoms with van der Waals surface area (Å²) in [6.07, 6.45) is 0.164. The Morgan fingerprint density at radius 1 is 0.767 bits per heavy atom. The van der Waals surface area contributed by atoms with Gasteiger partial charge in [-0.05, 0) is 41.5 Å². The smallest absolute Gasteiger partial charge is 0.323 e. The monoisotopic (exact) mass is 404 g/mol. The zero-order valence-corrected chi connectivity index (χ0v) is 16.0. The third kappa shape index (κ3) is 2.69. The van der Waals surface area contributed by atoms with Crippen LogP contribution in [0.1, 0.15) is 41.4 Å². The Morgan fingerprint density at radius 3 is 1.90 bits per heavy atom. The van der Waals surface area contributed by atoms with E-state index < -0.39 is 34.9 Å². The number of carbonyl (C=O) groups excluding carboxylic acids is 2. The Balaban J connectivity index is 1.81. The molecule has 3 nitrogen and oxygen atoms in total. The molecule has 0 amide bonds. The second-order valence-electron chi connectivity index (χ2n) is 7.92. The summed E-state index contributed by atoms with van der Waals surface area (Å²) in [7, 11) is 0. The molecular formula is C25H18F2O3. The van der Waals surface area contributed by atoms with Crippen molar-refractivity contribution in [2.75, 3.05) is 0 Å². The normalized spacial score (nSPS) is 25.3. The van der Waals surface area contributed by atoms with Crippen LogP contribution in [0.2, 0.25) is 0 Å². The Morgan fingerprint density at radius 2 is 1.33 bits per heavy atom. The van der Waals surface area contributed by atoms with Gasteiger partial charge in [-0.1, -0.05) is 42.5 Å². The zero-order chi connectivity index (χ0) is 20.9. The summed E-state index contributed by atoms with van der Waals surface area (Å²) < 4.78 is 33.9. The Hall–Kier alpha value is -3.34. The second kappa shape index (κ2) is 6.87. The number of fused-ring (bicyclic) bond motifs is 2. The highest BCUT2D eigenvalue weighted by atomic mass is 19.1. The lowest BCUT2D eigenvalue weighted by atomic mass is 9.54. The quantitative estimate of drug-likeness (QED) is 0.443. The van der Waals surface area contributed by atoms with Gasteiger partial charge in [0.2, 0.25) is 0 Å². The van der Waals surface area contributed by atoms with Gasteiger partial charge in [0, 0.05) is 30.2 Å². The van der Waals surface area contributed by atoms with Crippen LogP contribution < -0.4 is 4.74 Å². The van der Waals surface area contributed by atoms with Crippen molar-refractivity contribution in [3.05, 3.63) is 101 Å². The first-order valence-corrected chi connectivity index (χ1v) is 9.84. The molecule has 0 saturated heterocycles. The number of hydrogen-bond acceptors (Lipinski definition) is 3. The molecule has 1 heterocycles. The molecule has 1 fully saturated rings. The van der Waals surface area contributed by atoms with Crippen LogP contribution >= 0.6 is 0 Å². The van der Waals surface area contributed by atoms with Gasteiger partial charge in [-0.2, -0.15) is 0 Å². The second-order valence-corrected chi connectivity index (χ2v) is 7.92. The number of halogens is 2. The summed E-state index contributed by atoms with van der Waals surface area (Å²) >= 11 is 0. The summed E-state index contributed by atoms with van der Waals surface area (Å²) in [6, 6.07) is 19.1. The van der Waals surface area contributed by atoms with Gasteiger partial charge < -0.3 is 4.74 Å². The van der Waals surface area contributed by atoms with Crippen LogP contribution in [-0.2, 0) is 15.0 Å². The van der Waals surface area contributed by atoms with Crippen LogP contribution in [0.15, 0.2) is 72.8 Å². The Kier molecular flexibility index (Phi) is 4.28. The van der Waals surface area contributed by atoms with Crippen molar-refractivity contribution in [3.63, 3.8) is 0 Å². The molecule has 1 aliphatic heterocycles. The van der Waals surface area contributed by atoms with Crippen LogP contribution in [-0.4, -0.2) is 11.8 Å². The fourth-order valence-electron chi connectivity index (χ4n) is 5.16. The van der Waals surface area contributed by atoms with E-state index in [0.29, 0.717) is 22.4 Å². The number of esters is 1. The predicted molar refractivity (Wildman–Crippen MR) is 106 cm³/mol. The molecule has 5 heteroatoms. The third-order valence-electron chi connectivity index (χ3n) is 6.34. The highest BCUT2D eigenvalue weighted by Gasteiger charge is 2.62. The number of ether oxygens (including phenoxy) is 1. The third-order valence-corrected chi connectivity index (χ3v) is 6.34. The fourth-order valence-corrected chi connectivity index (χ4v) is 5.16. The predicted octanol–water partition coefficient (Wildman–Crippen LogP) is 5.05. The molecule has 2 aliphatic rings. The van der Waals surface area contributed by atoms with Crippen LogP contribution in [0, 0.1) is 11.6 Å². The lowest BCUT2D eigenvalue weighted by Crippen LogP contribution is -2.49. The molecule has 1 saturated carbocycles. The SMILES string of the molecule is O=C1C[C@H](c2cccc(F)c2)C2(C(=O)Oc3ccccc32)[C@H](c2cccc(F)c2)C1. The summed E-state index contributed by atoms with van der Waals surface area (Å²) in [5, 5.41) is 0. The average Bonchev–Trinajstić information content (AvgIpc) is 3.02. The molecule has 0 radical (unpaired) electrons. The minimum Gasteiger partial charge on any atom is -0.426 e. The standard InChI is InChI=1S/C25H18F2O3/c26-17-7-3-5-15(11-17)21-13-19(28)14-22(16-6-4-8-18(27)12-16)25(21)20-9-1-2-10-23(20)30-24(25)29/h1-12,21-22H,13-14H2/t21-,22+,25?. The van der Waals surface area contributed by atoms with Crippen molar-refractivity contribution >= 4 is 11.8 Å². The molecule has 1 unspecified atom stereocenters. The van der Waals surface area contributed by atoms with Crippen LogP contribution in [0.3, 0.4) is 0 Å². The van der Waals surface area contributed by atoms with E-state index in [-0.39, 0.29) is 18.6 Å². The largest absolute Gasteiger partial charge is 0.426 e. The van der Waals surface area contributed by atoms with Crippen LogP contribution in [0.5, 0.6) is 5.75 Å². The van der Waals surface area contributed by atoms with Crippen molar-refractivity contribution in [3.8, 4) is 5.75 Å². The molecule has 1 aliphatic carbocycles. The number of para-hydroxylation sites is 1. The lowest BCUT2D eigenvalue weighted by Gasteiger charge is -2.44. The van der Waals surface area contributed by atoms with Gasteiger partial charge in [-0.3, -0.25) is 9.59 Å². The van der Waals surface area contributed by atoms with E-state index in [4.69, 9.17) is 4.74 Å². The van der Waals surface area contributed by atoms with E-state index in [2.05, 4.69) is 0 Å². The molecule has 5 rings (SSSR count). The van der Waals surface area contributed by atoms with E-state index in [1.807, 2.05) is 12.1 Å². The van der Waals surface area contributed by atoms with Crippen LogP contribution in [0.25, 0.3) is 0 Å². The van der Waals surface area contributed by atoms with Crippen molar-refractivity contribution in [1.82, 2.24) is 0 Å². The minimum absolute atomic E-state index is 0.0543. The molecule has 3 atom stereocenters. The first-order chi connectivity index (χ1) is 14.5. The van der Waals surface area contributed by atoms with Crippen molar-refractivity contribution < 1.29 is 23.1 Å². The van der Waals surface area contributed by atoms with Crippen molar-refractivity contribution in [2.24, 2.45) is 0 Å². The maximum Gasteiger partial charge on any atom is 0.323 e. The number of carbonyl (C=O) groups is 2. The average molecular weight is 404 g/mol. The van der Waals surface area contributed by atoms with Gasteiger partial charge in [0.15, 0.2) is 0 Å². The lowest BCUT2D eigenvalue weighted by molar-refractivity contribution is -0.142. The Bertz CT molecular complexity index is 1110. The number of ketones is 1. The molecule has 30 heavy (non-hydrogen) atoms. The summed E-state index contributed by atoms with van der Waals surface area (Å²) in [4.78, 5) is 26.4. The molecule has 3 aromatic rings. The molecule has 0 bridgehead atoms. The number of hydrogen-bond donors (Lipinski definition) is 0. The van der Waals surface area contributed by atoms with Crippen LogP contribution in [0.4, 0.5) is 8.78 Å². The molecule has 0 N–H and O–H groups in total. The summed E-state index contributed by atoms with van der Waals surface area (Å²) in [6.45, 7) is 0. The molecule has 150 valence electrons. The molecule has 0 aromatic heterocycles. The summed E-state index contributed by atoms with van der Waals surface area (Å²) in [5.74, 6) is -2.25. The van der Waals surface area contributed by atoms with E-state index in [1.54, 1.807) is 36.4 Å². The number of Topliss-reactive ketones (excluding diaryl/α,β-unsaturated/α-hetero) is 1. The van der Waals surface area contributed by atoms with Gasteiger partial charge in [0.05, 0.1) is 0 Å². The maximum atomic E-state index is 14.1. The van der Waals surface area contributed by atoms with Crippen molar-refractivity contribution in [1.29, 1.82) is 0 Å². The maximum absolute atomic E-state index is 14.1. The highest BCUT2D eigenvalue weighted by molar-refractivity contribution is 5.97. The number of rotatable bonds is 2. The topological polar surface area (TPSA) is 43.4 Å². The van der Waals surface area contributed by atoms with Gasteiger partial charge >= 0.3 is 5.97 Å². The van der Waals surface area contributed by atoms with Gasteiger partial charge in [-0.25, -0.2) is 8.78 Å². The zero-order valence-electron chi connectivity index (χ0n) is 16.0. The number of benzene rings is 3. The molecule has 1 spiro atoms. The highest BCUT2D eigenvalue weighted by Crippen LogP contribution is 2.60. The van der Waals surface area contributed by atoms with Gasteiger partial charge in [0.25, 0.3) is 0 Å². The summed E-state index contributed by atoms with van der Waals surface area (Å²) in [5.41, 5.74) is 0.522. The fraction of sp³-hybridized carbons (Fsp3) is 0.200. The first-order valence-electron chi connectivity index (χ1n) is 9.84. The van der Waals surface area contributed by atoms with Crippen molar-refractivity contribution in [2.45, 2.75) is 30.1 Å². The Labute approximate surface area is 172 Å². The first kappa shape index (κ1) is 18.7. The molecule has 3 aromatic carbocycles. The van der Waals surface area contributed by atoms with E-state index in [0.717, 1.165) is 0 Å². The van der Waals surface area contributed by atoms with Gasteiger partial charge in [0.1, 0.15) is 28.6 Å². The minimum atomic E-state index is -1.24. The van der Waals surface area contributed by atoms with E-state index in [1.165, 1.54) is 24.3 Å².